The molecule has 1 aliphatic rings. The fraction of sp³-hybridized carbons (Fsp3) is 0.125. The maximum atomic E-state index is 14.2. The van der Waals surface area contributed by atoms with E-state index in [9.17, 15) is 4.39 Å². The Hall–Kier alpha value is -0.886. The van der Waals surface area contributed by atoms with E-state index >= 15 is 0 Å². The fourth-order valence-electron chi connectivity index (χ4n) is 1.82. The van der Waals surface area contributed by atoms with Crippen molar-refractivity contribution in [1.82, 2.24) is 4.90 Å². The predicted molar refractivity (Wildman–Crippen MR) is 81.3 cm³/mol. The average molecular weight is 422 g/mol. The average Bonchev–Trinajstić information content (AvgIpc) is 2.44. The van der Waals surface area contributed by atoms with E-state index in [4.69, 9.17) is 11.2 Å². The molecule has 105 valence electrons. The van der Waals surface area contributed by atoms with Crippen LogP contribution in [0.25, 0.3) is 5.70 Å². The number of hydrogen-bond donors (Lipinski definition) is 0. The van der Waals surface area contributed by atoms with Crippen molar-refractivity contribution in [2.45, 2.75) is 0 Å². The molecule has 1 aromatic carbocycles. The Morgan fingerprint density at radius 1 is 1.52 bits per heavy atom. The molecule has 1 heterocycles. The number of nitrogens with zero attached hydrogens (tertiary/aromatic N) is 1. The van der Waals surface area contributed by atoms with E-state index in [1.165, 1.54) is 6.07 Å². The summed E-state index contributed by atoms with van der Waals surface area (Å²) in [5.74, 6) is 2.36. The van der Waals surface area contributed by atoms with Gasteiger partial charge in [-0.1, -0.05) is 28.7 Å². The van der Waals surface area contributed by atoms with E-state index in [-0.39, 0.29) is 39.3 Å². The molecule has 2 rings (SSSR count). The molecule has 0 fully saturated rings. The molecule has 0 saturated heterocycles. The third kappa shape index (κ3) is 3.85. The largest absolute Gasteiger partial charge is 0.493 e. The van der Waals surface area contributed by atoms with Crippen molar-refractivity contribution in [1.29, 1.82) is 0 Å². The summed E-state index contributed by atoms with van der Waals surface area (Å²) in [7, 11) is 1.79. The first-order valence-corrected chi connectivity index (χ1v) is 6.63. The van der Waals surface area contributed by atoms with E-state index < -0.39 is 5.82 Å². The minimum atomic E-state index is -0.395. The zero-order valence-corrected chi connectivity index (χ0v) is 15.9. The molecule has 2 nitrogen and oxygen atoms in total. The Morgan fingerprint density at radius 3 is 2.90 bits per heavy atom. The molecule has 0 aliphatic carbocycles. The summed E-state index contributed by atoms with van der Waals surface area (Å²) in [5, 5.41) is 0. The molecule has 0 spiro atoms. The van der Waals surface area contributed by atoms with Gasteiger partial charge in [0.05, 0.1) is 11.6 Å². The Labute approximate surface area is 157 Å². The van der Waals surface area contributed by atoms with Crippen molar-refractivity contribution in [3.05, 3.63) is 58.5 Å². The molecule has 5 heteroatoms. The number of benzene rings is 1. The first kappa shape index (κ1) is 18.2. The van der Waals surface area contributed by atoms with Crippen molar-refractivity contribution < 1.29 is 41.8 Å². The van der Waals surface area contributed by atoms with Gasteiger partial charge in [0.1, 0.15) is 6.61 Å². The van der Waals surface area contributed by atoms with E-state index in [1.54, 1.807) is 30.2 Å². The van der Waals surface area contributed by atoms with Gasteiger partial charge < -0.3 is 9.64 Å². The summed E-state index contributed by atoms with van der Waals surface area (Å²) in [6.45, 7) is 4.01. The smallest absolute Gasteiger partial charge is 0.147 e. The van der Waals surface area contributed by atoms with Crippen molar-refractivity contribution >= 4 is 21.6 Å². The molecule has 1 aromatic rings. The number of terminal acetylenes is 1. The second kappa shape index (κ2) is 7.93. The van der Waals surface area contributed by atoms with Crippen molar-refractivity contribution in [3.63, 3.8) is 0 Å². The minimum absolute atomic E-state index is 0. The summed E-state index contributed by atoms with van der Waals surface area (Å²) < 4.78 is 20.4. The summed E-state index contributed by atoms with van der Waals surface area (Å²) in [6.07, 6.45) is 9.91. The first-order valence-electron chi connectivity index (χ1n) is 5.83. The predicted octanol–water partition coefficient (Wildman–Crippen LogP) is 3.72. The van der Waals surface area contributed by atoms with Gasteiger partial charge in [0.25, 0.3) is 0 Å². The zero-order valence-electron chi connectivity index (χ0n) is 11.5. The third-order valence-corrected chi connectivity index (χ3v) is 3.56. The van der Waals surface area contributed by atoms with Crippen molar-refractivity contribution in [2.75, 3.05) is 13.7 Å². The number of rotatable bonds is 3. The maximum Gasteiger partial charge on any atom is 0.147 e. The van der Waals surface area contributed by atoms with Crippen LogP contribution in [0.1, 0.15) is 5.56 Å². The maximum absolute atomic E-state index is 14.2. The monoisotopic (exact) mass is 421 g/mol. The van der Waals surface area contributed by atoms with Crippen LogP contribution >= 0.6 is 15.9 Å². The third-order valence-electron chi connectivity index (χ3n) is 2.87. The van der Waals surface area contributed by atoms with Gasteiger partial charge >= 0.3 is 0 Å². The van der Waals surface area contributed by atoms with Gasteiger partial charge in [-0.05, 0) is 23.4 Å². The number of ether oxygens (including phenoxy) is 1. The molecule has 0 aromatic heterocycles. The topological polar surface area (TPSA) is 12.5 Å². The summed E-state index contributed by atoms with van der Waals surface area (Å²) in [4.78, 5) is 1.74. The number of likely N-dealkylation sites (N-methyl/N-ethyl adjacent to an activating group) is 1. The molecule has 0 atom stereocenters. The van der Waals surface area contributed by atoms with E-state index in [0.717, 1.165) is 4.48 Å². The standard InChI is InChI=1S/C16H12BrFNO.Y/c1-4-10-20-15-7-5-6-13(18)16(15)14-9-8-12(17)11(2)19(14)3;/h1,5-8H,2,10H2,3H3;/q-1;. The SMILES string of the molecule is C#CCOc1cccc(F)c1C1=[C-]C=C(Br)C(=C)N1C.[Y]. The Balaban J connectivity index is 0.00000220. The normalized spacial score (nSPS) is 13.8. The van der Waals surface area contributed by atoms with Crippen LogP contribution in [0.3, 0.4) is 0 Å². The van der Waals surface area contributed by atoms with Gasteiger partial charge in [0, 0.05) is 39.8 Å². The van der Waals surface area contributed by atoms with Crippen molar-refractivity contribution in [2.24, 2.45) is 0 Å². The first-order chi connectivity index (χ1) is 9.56. The molecule has 0 amide bonds. The molecule has 1 aliphatic heterocycles. The second-order valence-corrected chi connectivity index (χ2v) is 4.95. The van der Waals surface area contributed by atoms with E-state index in [1.807, 2.05) is 0 Å². The summed E-state index contributed by atoms with van der Waals surface area (Å²) in [5.41, 5.74) is 1.58. The van der Waals surface area contributed by atoms with Crippen LogP contribution in [0.15, 0.2) is 41.0 Å². The molecule has 0 unspecified atom stereocenters. The van der Waals surface area contributed by atoms with Crippen LogP contribution in [0.4, 0.5) is 4.39 Å². The van der Waals surface area contributed by atoms with Gasteiger partial charge in [-0.15, -0.1) is 22.4 Å². The van der Waals surface area contributed by atoms with Crippen LogP contribution in [0.5, 0.6) is 5.75 Å². The molecule has 0 bridgehead atoms. The number of allylic oxidation sites excluding steroid dienone is 3. The van der Waals surface area contributed by atoms with Gasteiger partial charge in [-0.2, -0.15) is 12.2 Å². The number of hydrogen-bond acceptors (Lipinski definition) is 2. The van der Waals surface area contributed by atoms with Gasteiger partial charge in [0.2, 0.25) is 0 Å². The molecule has 0 saturated carbocycles. The number of halogens is 2. The zero-order chi connectivity index (χ0) is 14.7. The van der Waals surface area contributed by atoms with Crippen LogP contribution in [0, 0.1) is 24.2 Å². The van der Waals surface area contributed by atoms with Gasteiger partial charge in [-0.3, -0.25) is 0 Å². The molecular formula is C16H12BrFNOY-. The van der Waals surface area contributed by atoms with Crippen molar-refractivity contribution in [3.8, 4) is 18.1 Å². The Kier molecular flexibility index (Phi) is 6.86. The van der Waals surface area contributed by atoms with E-state index in [2.05, 4.69) is 34.5 Å². The van der Waals surface area contributed by atoms with Crippen LogP contribution < -0.4 is 4.74 Å². The summed E-state index contributed by atoms with van der Waals surface area (Å²) in [6, 6.07) is 4.62. The van der Waals surface area contributed by atoms with Crippen LogP contribution in [0.2, 0.25) is 0 Å². The second-order valence-electron chi connectivity index (χ2n) is 4.10. The van der Waals surface area contributed by atoms with Crippen LogP contribution in [-0.4, -0.2) is 18.6 Å². The van der Waals surface area contributed by atoms with E-state index in [0.29, 0.717) is 22.7 Å². The molecule has 21 heavy (non-hydrogen) atoms. The quantitative estimate of drug-likeness (QED) is 0.544. The van der Waals surface area contributed by atoms with Crippen LogP contribution in [-0.2, 0) is 32.7 Å². The van der Waals surface area contributed by atoms with Gasteiger partial charge in [-0.25, -0.2) is 4.39 Å². The van der Waals surface area contributed by atoms with Gasteiger partial charge in [0.15, 0.2) is 0 Å². The fourth-order valence-corrected chi connectivity index (χ4v) is 2.20. The molecule has 1 radical (unpaired) electrons. The Morgan fingerprint density at radius 2 is 2.24 bits per heavy atom. The minimum Gasteiger partial charge on any atom is -0.493 e. The molecular weight excluding hydrogens is 410 g/mol. The molecule has 0 N–H and O–H groups in total. The Bertz CT molecular complexity index is 661. The summed E-state index contributed by atoms with van der Waals surface area (Å²) >= 11 is 3.37.